The highest BCUT2D eigenvalue weighted by molar-refractivity contribution is 7.89. The zero-order valence-corrected chi connectivity index (χ0v) is 10.9. The van der Waals surface area contributed by atoms with Crippen molar-refractivity contribution in [2.24, 2.45) is 0 Å². The minimum atomic E-state index is -4.11. The van der Waals surface area contributed by atoms with Gasteiger partial charge in [-0.05, 0) is 31.4 Å². The molecule has 19 heavy (non-hydrogen) atoms. The summed E-state index contributed by atoms with van der Waals surface area (Å²) in [7, 11) is -4.11. The molecule has 0 aromatic heterocycles. The summed E-state index contributed by atoms with van der Waals surface area (Å²) in [6.07, 6.45) is 5.72. The van der Waals surface area contributed by atoms with E-state index in [0.717, 1.165) is 18.6 Å². The molecule has 0 saturated carbocycles. The molecule has 104 valence electrons. The van der Waals surface area contributed by atoms with Gasteiger partial charge in [-0.25, -0.2) is 21.9 Å². The second-order valence-electron chi connectivity index (χ2n) is 4.42. The third kappa shape index (κ3) is 3.10. The Kier molecular flexibility index (Phi) is 3.86. The van der Waals surface area contributed by atoms with Crippen molar-refractivity contribution < 1.29 is 17.2 Å². The fraction of sp³-hybridized carbons (Fsp3) is 0.333. The first kappa shape index (κ1) is 14.0. The van der Waals surface area contributed by atoms with Crippen LogP contribution in [0.3, 0.4) is 0 Å². The van der Waals surface area contributed by atoms with Gasteiger partial charge in [0.25, 0.3) is 0 Å². The number of allylic oxidation sites excluding steroid dienone is 1. The van der Waals surface area contributed by atoms with E-state index in [0.29, 0.717) is 12.8 Å². The highest BCUT2D eigenvalue weighted by atomic mass is 32.2. The van der Waals surface area contributed by atoms with Gasteiger partial charge < -0.3 is 5.73 Å². The van der Waals surface area contributed by atoms with E-state index in [1.54, 1.807) is 0 Å². The predicted octanol–water partition coefficient (Wildman–Crippen LogP) is 1.93. The third-order valence-corrected chi connectivity index (χ3v) is 4.42. The van der Waals surface area contributed by atoms with Crippen molar-refractivity contribution >= 4 is 15.7 Å². The Bertz CT molecular complexity index is 614. The number of sulfonamides is 1. The van der Waals surface area contributed by atoms with Crippen LogP contribution in [0.15, 0.2) is 29.2 Å². The molecule has 0 fully saturated rings. The van der Waals surface area contributed by atoms with Crippen LogP contribution in [0.4, 0.5) is 14.5 Å². The van der Waals surface area contributed by atoms with Gasteiger partial charge >= 0.3 is 0 Å². The van der Waals surface area contributed by atoms with E-state index in [1.165, 1.54) is 0 Å². The molecule has 1 aliphatic carbocycles. The third-order valence-electron chi connectivity index (χ3n) is 2.90. The van der Waals surface area contributed by atoms with Gasteiger partial charge in [0.1, 0.15) is 4.90 Å². The Balaban J connectivity index is 2.31. The van der Waals surface area contributed by atoms with Crippen molar-refractivity contribution in [1.29, 1.82) is 0 Å². The Morgan fingerprint density at radius 3 is 2.63 bits per heavy atom. The zero-order valence-electron chi connectivity index (χ0n) is 10.1. The lowest BCUT2D eigenvalue weighted by Crippen LogP contribution is -2.35. The largest absolute Gasteiger partial charge is 0.399 e. The summed E-state index contributed by atoms with van der Waals surface area (Å²) < 4.78 is 53.2. The van der Waals surface area contributed by atoms with Crippen LogP contribution in [-0.4, -0.2) is 14.5 Å². The molecule has 1 aromatic rings. The first-order chi connectivity index (χ1) is 8.90. The average Bonchev–Trinajstić information content (AvgIpc) is 2.34. The van der Waals surface area contributed by atoms with E-state index >= 15 is 0 Å². The zero-order chi connectivity index (χ0) is 14.0. The molecule has 0 bridgehead atoms. The van der Waals surface area contributed by atoms with Crippen LogP contribution in [0.25, 0.3) is 0 Å². The van der Waals surface area contributed by atoms with Gasteiger partial charge in [0, 0.05) is 11.7 Å². The van der Waals surface area contributed by atoms with E-state index in [4.69, 9.17) is 5.73 Å². The lowest BCUT2D eigenvalue weighted by atomic mass is 10.0. The Morgan fingerprint density at radius 1 is 1.26 bits per heavy atom. The van der Waals surface area contributed by atoms with Crippen LogP contribution in [0.5, 0.6) is 0 Å². The molecule has 2 rings (SSSR count). The van der Waals surface area contributed by atoms with Crippen molar-refractivity contribution in [3.8, 4) is 0 Å². The molecular formula is C12H14F2N2O2S. The van der Waals surface area contributed by atoms with Crippen molar-refractivity contribution in [3.05, 3.63) is 35.9 Å². The van der Waals surface area contributed by atoms with E-state index < -0.39 is 26.6 Å². The molecule has 4 nitrogen and oxygen atoms in total. The number of nitrogens with one attached hydrogen (secondary N) is 1. The summed E-state index contributed by atoms with van der Waals surface area (Å²) in [5, 5.41) is 0. The molecule has 0 aliphatic heterocycles. The van der Waals surface area contributed by atoms with E-state index in [9.17, 15) is 17.2 Å². The number of halogens is 2. The van der Waals surface area contributed by atoms with Crippen LogP contribution >= 0.6 is 0 Å². The first-order valence-electron chi connectivity index (χ1n) is 5.82. The van der Waals surface area contributed by atoms with Gasteiger partial charge in [-0.3, -0.25) is 0 Å². The summed E-state index contributed by atoms with van der Waals surface area (Å²) in [5.74, 6) is -2.68. The topological polar surface area (TPSA) is 72.2 Å². The number of nitrogen functional groups attached to an aromatic ring is 1. The van der Waals surface area contributed by atoms with Crippen LogP contribution in [0.2, 0.25) is 0 Å². The maximum atomic E-state index is 13.6. The fourth-order valence-electron chi connectivity index (χ4n) is 1.96. The smallest absolute Gasteiger partial charge is 0.243 e. The van der Waals surface area contributed by atoms with Crippen LogP contribution < -0.4 is 10.5 Å². The quantitative estimate of drug-likeness (QED) is 0.659. The number of nitrogens with two attached hydrogens (primary N) is 1. The SMILES string of the molecule is Nc1cc(F)c(F)c(S(=O)(=O)NC2CC=CCC2)c1. The number of rotatable bonds is 3. The Morgan fingerprint density at radius 2 is 2.00 bits per heavy atom. The lowest BCUT2D eigenvalue weighted by Gasteiger charge is -2.19. The van der Waals surface area contributed by atoms with Crippen molar-refractivity contribution in [2.45, 2.75) is 30.2 Å². The first-order valence-corrected chi connectivity index (χ1v) is 7.30. The second kappa shape index (κ2) is 5.26. The second-order valence-corrected chi connectivity index (χ2v) is 6.10. The van der Waals surface area contributed by atoms with Crippen LogP contribution in [0.1, 0.15) is 19.3 Å². The van der Waals surface area contributed by atoms with Crippen molar-refractivity contribution in [2.75, 3.05) is 5.73 Å². The molecule has 0 amide bonds. The molecule has 0 spiro atoms. The van der Waals surface area contributed by atoms with E-state index in [1.807, 2.05) is 12.2 Å². The number of hydrogen-bond acceptors (Lipinski definition) is 3. The van der Waals surface area contributed by atoms with Crippen LogP contribution in [-0.2, 0) is 10.0 Å². The van der Waals surface area contributed by atoms with E-state index in [-0.39, 0.29) is 11.7 Å². The normalized spacial score (nSPS) is 19.6. The number of benzene rings is 1. The summed E-state index contributed by atoms with van der Waals surface area (Å²) in [5.41, 5.74) is 5.21. The molecule has 0 saturated heterocycles. The van der Waals surface area contributed by atoms with Gasteiger partial charge in [-0.15, -0.1) is 0 Å². The maximum Gasteiger partial charge on any atom is 0.243 e. The molecule has 3 N–H and O–H groups in total. The fourth-order valence-corrected chi connectivity index (χ4v) is 3.37. The predicted molar refractivity (Wildman–Crippen MR) is 67.9 cm³/mol. The molecule has 1 unspecified atom stereocenters. The molecule has 1 aliphatic rings. The minimum absolute atomic E-state index is 0.136. The van der Waals surface area contributed by atoms with Gasteiger partial charge in [0.05, 0.1) is 0 Å². The summed E-state index contributed by atoms with van der Waals surface area (Å²) in [6, 6.07) is 1.36. The summed E-state index contributed by atoms with van der Waals surface area (Å²) in [4.78, 5) is -0.750. The molecule has 1 atom stereocenters. The van der Waals surface area contributed by atoms with Gasteiger partial charge in [0.15, 0.2) is 11.6 Å². The average molecular weight is 288 g/mol. The Labute approximate surface area is 110 Å². The van der Waals surface area contributed by atoms with Gasteiger partial charge in [-0.1, -0.05) is 12.2 Å². The number of anilines is 1. The maximum absolute atomic E-state index is 13.6. The molecule has 0 heterocycles. The summed E-state index contributed by atoms with van der Waals surface area (Å²) in [6.45, 7) is 0. The molecule has 1 aromatic carbocycles. The monoisotopic (exact) mass is 288 g/mol. The van der Waals surface area contributed by atoms with E-state index in [2.05, 4.69) is 4.72 Å². The molecule has 7 heteroatoms. The number of hydrogen-bond donors (Lipinski definition) is 2. The summed E-state index contributed by atoms with van der Waals surface area (Å²) >= 11 is 0. The van der Waals surface area contributed by atoms with Gasteiger partial charge in [0.2, 0.25) is 10.0 Å². The minimum Gasteiger partial charge on any atom is -0.399 e. The molecular weight excluding hydrogens is 274 g/mol. The lowest BCUT2D eigenvalue weighted by molar-refractivity contribution is 0.478. The highest BCUT2D eigenvalue weighted by Gasteiger charge is 2.25. The van der Waals surface area contributed by atoms with Gasteiger partial charge in [-0.2, -0.15) is 0 Å². The van der Waals surface area contributed by atoms with Crippen molar-refractivity contribution in [3.63, 3.8) is 0 Å². The standard InChI is InChI=1S/C12H14F2N2O2S/c13-10-6-8(15)7-11(12(10)14)19(17,18)16-9-4-2-1-3-5-9/h1-2,6-7,9,16H,3-5,15H2. The molecule has 0 radical (unpaired) electrons. The highest BCUT2D eigenvalue weighted by Crippen LogP contribution is 2.22. The Hall–Kier alpha value is -1.47. The van der Waals surface area contributed by atoms with Crippen molar-refractivity contribution in [1.82, 2.24) is 4.72 Å². The van der Waals surface area contributed by atoms with Crippen LogP contribution in [0, 0.1) is 11.6 Å².